The predicted octanol–water partition coefficient (Wildman–Crippen LogP) is 18.6. The molecule has 0 fully saturated rings. The molecule has 512 valence electrons. The van der Waals surface area contributed by atoms with E-state index in [2.05, 4.69) is 72.8 Å². The lowest BCUT2D eigenvalue weighted by molar-refractivity contribution is -0.161. The maximum Gasteiger partial charge on any atom is 0.472 e. The topological polar surface area (TPSA) is 237 Å². The first-order valence-corrected chi connectivity index (χ1v) is 37.7. The molecule has 0 heterocycles. The van der Waals surface area contributed by atoms with Crippen molar-refractivity contribution in [1.82, 2.24) is 0 Å². The van der Waals surface area contributed by atoms with E-state index in [1.54, 1.807) is 0 Å². The maximum absolute atomic E-state index is 13.0. The number of rotatable bonds is 64. The van der Waals surface area contributed by atoms with Gasteiger partial charge in [0, 0.05) is 25.7 Å². The fourth-order valence-corrected chi connectivity index (χ4v) is 11.2. The van der Waals surface area contributed by atoms with Gasteiger partial charge in [0.25, 0.3) is 0 Å². The Morgan fingerprint density at radius 3 is 0.931 bits per heavy atom. The first kappa shape index (κ1) is 84.5. The van der Waals surface area contributed by atoms with E-state index in [0.29, 0.717) is 37.5 Å². The van der Waals surface area contributed by atoms with Gasteiger partial charge in [-0.2, -0.15) is 0 Å². The third kappa shape index (κ3) is 62.1. The number of allylic oxidation sites excluding steroid dienone is 4. The lowest BCUT2D eigenvalue weighted by atomic mass is 10.0. The van der Waals surface area contributed by atoms with Crippen molar-refractivity contribution in [3.05, 3.63) is 24.3 Å². The van der Waals surface area contributed by atoms with Crippen LogP contribution in [0.2, 0.25) is 0 Å². The highest BCUT2D eigenvalue weighted by Crippen LogP contribution is 2.45. The minimum Gasteiger partial charge on any atom is -0.462 e. The standard InChI is InChI=1S/C68H128O17P2/c1-8-9-10-11-12-13-14-15-16-17-18-23-28-37-44-51-67(72)84-63(55-78-65(70)49-42-35-27-22-20-19-21-25-32-39-46-59(2)3)57-82-86(74,75)80-53-62(69)54-81-87(76,77)83-58-64(85-68(73)52-45-38-31-30-34-41-48-61(6)7)56-79-66(71)50-43-36-29-24-26-33-40-47-60(4)5/h13-16,59-64,69H,8-12,17-58H2,1-7H3,(H,74,75)(H,76,77)/b14-13-,16-15-/t62?,63-,64-/m1/s1. The van der Waals surface area contributed by atoms with E-state index >= 15 is 0 Å². The number of esters is 4. The largest absolute Gasteiger partial charge is 0.472 e. The fraction of sp³-hybridized carbons (Fsp3) is 0.882. The Balaban J connectivity index is 5.28. The number of hydrogen-bond acceptors (Lipinski definition) is 15. The molecule has 3 N–H and O–H groups in total. The van der Waals surface area contributed by atoms with Gasteiger partial charge in [0.15, 0.2) is 12.2 Å². The smallest absolute Gasteiger partial charge is 0.462 e. The van der Waals surface area contributed by atoms with Gasteiger partial charge < -0.3 is 33.8 Å². The highest BCUT2D eigenvalue weighted by molar-refractivity contribution is 7.47. The zero-order valence-electron chi connectivity index (χ0n) is 56.0. The molecule has 3 unspecified atom stereocenters. The van der Waals surface area contributed by atoms with Gasteiger partial charge in [-0.1, -0.05) is 259 Å². The lowest BCUT2D eigenvalue weighted by Gasteiger charge is -2.21. The van der Waals surface area contributed by atoms with Crippen molar-refractivity contribution in [1.29, 1.82) is 0 Å². The summed E-state index contributed by atoms with van der Waals surface area (Å²) in [6.07, 6.45) is 44.2. The summed E-state index contributed by atoms with van der Waals surface area (Å²) in [4.78, 5) is 72.3. The van der Waals surface area contributed by atoms with Crippen molar-refractivity contribution >= 4 is 39.5 Å². The molecule has 0 amide bonds. The molecule has 5 atom stereocenters. The molecule has 0 bridgehead atoms. The minimum absolute atomic E-state index is 0.0840. The van der Waals surface area contributed by atoms with Gasteiger partial charge in [0.05, 0.1) is 26.4 Å². The number of carbonyl (C=O) groups is 4. The van der Waals surface area contributed by atoms with Gasteiger partial charge in [0.2, 0.25) is 0 Å². The van der Waals surface area contributed by atoms with Crippen LogP contribution in [0, 0.1) is 17.8 Å². The van der Waals surface area contributed by atoms with Crippen molar-refractivity contribution in [3.63, 3.8) is 0 Å². The molecule has 0 aromatic heterocycles. The SMILES string of the molecule is CCCCCC/C=C\C=C/CCCCCCCC(=O)O[C@H](COC(=O)CCCCCCCCCCCCC(C)C)COP(=O)(O)OCC(O)COP(=O)(O)OC[C@@H](COC(=O)CCCCCCCCCC(C)C)OC(=O)CCCCCCCCC(C)C. The van der Waals surface area contributed by atoms with E-state index in [9.17, 15) is 43.2 Å². The number of aliphatic hydroxyl groups excluding tert-OH is 1. The number of hydrogen-bond donors (Lipinski definition) is 3. The summed E-state index contributed by atoms with van der Waals surface area (Å²) in [6.45, 7) is 11.6. The highest BCUT2D eigenvalue weighted by atomic mass is 31.2. The monoisotopic (exact) mass is 1280 g/mol. The molecular formula is C68H128O17P2. The minimum atomic E-state index is -4.96. The maximum atomic E-state index is 13.0. The van der Waals surface area contributed by atoms with Crippen LogP contribution in [0.5, 0.6) is 0 Å². The Kier molecular flexibility index (Phi) is 57.0. The second kappa shape index (κ2) is 58.6. The summed E-state index contributed by atoms with van der Waals surface area (Å²) >= 11 is 0. The molecule has 0 aromatic rings. The molecule has 0 radical (unpaired) electrons. The lowest BCUT2D eigenvalue weighted by Crippen LogP contribution is -2.30. The first-order valence-electron chi connectivity index (χ1n) is 34.7. The number of unbranched alkanes of at least 4 members (excludes halogenated alkanes) is 29. The number of phosphoric ester groups is 2. The first-order chi connectivity index (χ1) is 41.7. The zero-order valence-corrected chi connectivity index (χ0v) is 57.7. The predicted molar refractivity (Wildman–Crippen MR) is 349 cm³/mol. The molecule has 0 aromatic carbocycles. The summed E-state index contributed by atoms with van der Waals surface area (Å²) in [7, 11) is -9.91. The second-order valence-corrected chi connectivity index (χ2v) is 28.2. The highest BCUT2D eigenvalue weighted by Gasteiger charge is 2.30. The number of ether oxygens (including phenoxy) is 4. The van der Waals surface area contributed by atoms with Crippen LogP contribution in [0.4, 0.5) is 0 Å². The number of carbonyl (C=O) groups excluding carboxylic acids is 4. The van der Waals surface area contributed by atoms with E-state index in [0.717, 1.165) is 115 Å². The van der Waals surface area contributed by atoms with Crippen LogP contribution in [0.3, 0.4) is 0 Å². The van der Waals surface area contributed by atoms with Crippen LogP contribution in [0.15, 0.2) is 24.3 Å². The van der Waals surface area contributed by atoms with Crippen molar-refractivity contribution in [2.24, 2.45) is 17.8 Å². The molecule has 0 aliphatic rings. The molecule has 0 rings (SSSR count). The average molecular weight is 1280 g/mol. The summed E-state index contributed by atoms with van der Waals surface area (Å²) in [6, 6.07) is 0. The van der Waals surface area contributed by atoms with Crippen molar-refractivity contribution in [2.75, 3.05) is 39.6 Å². The molecule has 87 heavy (non-hydrogen) atoms. The van der Waals surface area contributed by atoms with Crippen LogP contribution >= 0.6 is 15.6 Å². The number of aliphatic hydroxyl groups is 1. The van der Waals surface area contributed by atoms with E-state index in [1.165, 1.54) is 103 Å². The van der Waals surface area contributed by atoms with Gasteiger partial charge in [-0.25, -0.2) is 9.13 Å². The average Bonchev–Trinajstić information content (AvgIpc) is 3.55. The van der Waals surface area contributed by atoms with Gasteiger partial charge in [0.1, 0.15) is 19.3 Å². The Labute approximate surface area is 529 Å². The Morgan fingerprint density at radius 1 is 0.356 bits per heavy atom. The van der Waals surface area contributed by atoms with Crippen molar-refractivity contribution < 1.29 is 80.2 Å². The second-order valence-electron chi connectivity index (χ2n) is 25.3. The molecule has 0 saturated heterocycles. The number of phosphoric acid groups is 2. The molecule has 0 spiro atoms. The van der Waals surface area contributed by atoms with E-state index < -0.39 is 97.5 Å². The third-order valence-electron chi connectivity index (χ3n) is 15.0. The van der Waals surface area contributed by atoms with Gasteiger partial charge >= 0.3 is 39.5 Å². The van der Waals surface area contributed by atoms with Crippen molar-refractivity contribution in [3.8, 4) is 0 Å². The van der Waals surface area contributed by atoms with Gasteiger partial charge in [-0.05, 0) is 69.1 Å². The Hall–Kier alpha value is -2.46. The molecular weight excluding hydrogens is 1150 g/mol. The molecule has 0 aliphatic carbocycles. The third-order valence-corrected chi connectivity index (χ3v) is 16.9. The normalized spacial score (nSPS) is 14.4. The molecule has 19 heteroatoms. The summed E-state index contributed by atoms with van der Waals surface area (Å²) in [5, 5.41) is 10.6. The fourth-order valence-electron chi connectivity index (χ4n) is 9.65. The molecule has 0 aliphatic heterocycles. The van der Waals surface area contributed by atoms with Crippen LogP contribution < -0.4 is 0 Å². The van der Waals surface area contributed by atoms with Crippen LogP contribution in [-0.2, 0) is 65.4 Å². The quantitative estimate of drug-likeness (QED) is 0.0169. The van der Waals surface area contributed by atoms with Gasteiger partial charge in [-0.3, -0.25) is 37.3 Å². The van der Waals surface area contributed by atoms with Crippen LogP contribution in [0.1, 0.15) is 312 Å². The molecule has 17 nitrogen and oxygen atoms in total. The van der Waals surface area contributed by atoms with Crippen LogP contribution in [-0.4, -0.2) is 96.7 Å². The Bertz CT molecular complexity index is 1810. The summed E-state index contributed by atoms with van der Waals surface area (Å²) < 4.78 is 68.1. The van der Waals surface area contributed by atoms with Crippen molar-refractivity contribution in [2.45, 2.75) is 330 Å². The van der Waals surface area contributed by atoms with E-state index in [1.807, 2.05) is 0 Å². The summed E-state index contributed by atoms with van der Waals surface area (Å²) in [5.74, 6) is -0.0387. The molecule has 0 saturated carbocycles. The zero-order chi connectivity index (χ0) is 64.5. The van der Waals surface area contributed by atoms with E-state index in [-0.39, 0.29) is 25.7 Å². The van der Waals surface area contributed by atoms with E-state index in [4.69, 9.17) is 37.0 Å². The summed E-state index contributed by atoms with van der Waals surface area (Å²) in [5.41, 5.74) is 0. The Morgan fingerprint density at radius 2 is 0.621 bits per heavy atom. The van der Waals surface area contributed by atoms with Gasteiger partial charge in [-0.15, -0.1) is 0 Å². The van der Waals surface area contributed by atoms with Crippen LogP contribution in [0.25, 0.3) is 0 Å².